The lowest BCUT2D eigenvalue weighted by Gasteiger charge is -2.45. The lowest BCUT2D eigenvalue weighted by molar-refractivity contribution is -0.131. The summed E-state index contributed by atoms with van der Waals surface area (Å²) >= 11 is 1.59. The van der Waals surface area contributed by atoms with Gasteiger partial charge in [0.2, 0.25) is 5.91 Å². The number of rotatable bonds is 4. The van der Waals surface area contributed by atoms with Gasteiger partial charge >= 0.3 is 0 Å². The van der Waals surface area contributed by atoms with Gasteiger partial charge in [-0.1, -0.05) is 18.2 Å². The number of carbonyl (C=O) groups is 1. The Morgan fingerprint density at radius 2 is 1.90 bits per heavy atom. The van der Waals surface area contributed by atoms with Gasteiger partial charge in [-0.3, -0.25) is 9.69 Å². The van der Waals surface area contributed by atoms with Gasteiger partial charge in [0.1, 0.15) is 5.82 Å². The Kier molecular flexibility index (Phi) is 6.28. The average molecular weight is 416 g/mol. The van der Waals surface area contributed by atoms with E-state index in [9.17, 15) is 14.3 Å². The van der Waals surface area contributed by atoms with Gasteiger partial charge in [0, 0.05) is 56.3 Å². The van der Waals surface area contributed by atoms with Crippen LogP contribution in [0.2, 0.25) is 0 Å². The zero-order valence-electron chi connectivity index (χ0n) is 16.3. The third-order valence-corrected chi connectivity index (χ3v) is 6.61. The number of thiophene rings is 1. The molecule has 7 heteroatoms. The van der Waals surface area contributed by atoms with Gasteiger partial charge < -0.3 is 14.9 Å². The molecule has 0 unspecified atom stereocenters. The van der Waals surface area contributed by atoms with Gasteiger partial charge in [0.15, 0.2) is 0 Å². The Bertz CT molecular complexity index is 850. The maximum absolute atomic E-state index is 14.0. The van der Waals surface area contributed by atoms with Gasteiger partial charge in [0.05, 0.1) is 11.8 Å². The van der Waals surface area contributed by atoms with E-state index >= 15 is 0 Å². The first-order chi connectivity index (χ1) is 14.1. The summed E-state index contributed by atoms with van der Waals surface area (Å²) in [5, 5.41) is 12.7. The predicted molar refractivity (Wildman–Crippen MR) is 115 cm³/mol. The number of amides is 1. The van der Waals surface area contributed by atoms with Crippen molar-refractivity contribution in [2.24, 2.45) is 0 Å². The van der Waals surface area contributed by atoms with E-state index in [0.29, 0.717) is 18.8 Å². The molecule has 1 aromatic heterocycles. The number of halogens is 1. The van der Waals surface area contributed by atoms with Gasteiger partial charge in [0.25, 0.3) is 0 Å². The number of aliphatic hydroxyl groups excluding tert-OH is 1. The average Bonchev–Trinajstić information content (AvgIpc) is 3.26. The van der Waals surface area contributed by atoms with Crippen molar-refractivity contribution >= 4 is 29.0 Å². The number of aliphatic hydroxyl groups is 1. The van der Waals surface area contributed by atoms with Crippen molar-refractivity contribution < 1.29 is 14.3 Å². The molecule has 1 amide bonds. The van der Waals surface area contributed by atoms with Crippen LogP contribution in [0.15, 0.2) is 47.9 Å². The Morgan fingerprint density at radius 1 is 1.10 bits per heavy atom. The molecule has 0 spiro atoms. The molecule has 3 heterocycles. The molecule has 0 radical (unpaired) electrons. The number of benzene rings is 1. The molecule has 29 heavy (non-hydrogen) atoms. The van der Waals surface area contributed by atoms with Crippen molar-refractivity contribution in [1.29, 1.82) is 0 Å². The summed E-state index contributed by atoms with van der Waals surface area (Å²) in [7, 11) is 0. The highest BCUT2D eigenvalue weighted by molar-refractivity contribution is 7.10. The highest BCUT2D eigenvalue weighted by Gasteiger charge is 2.35. The Hall–Kier alpha value is -2.22. The molecule has 2 fully saturated rings. The van der Waals surface area contributed by atoms with Gasteiger partial charge in [-0.2, -0.15) is 0 Å². The lowest BCUT2D eigenvalue weighted by Crippen LogP contribution is -2.59. The SMILES string of the molecule is O=C(C=Cc1cccs1)N1CC[C@@H](N2CCN(c3ccccc3F)CC2)[C@H](O)C1. The second-order valence-electron chi connectivity index (χ2n) is 7.53. The molecular weight excluding hydrogens is 389 g/mol. The number of nitrogens with zero attached hydrogens (tertiary/aromatic N) is 3. The molecular formula is C22H26FN3O2S. The highest BCUT2D eigenvalue weighted by atomic mass is 32.1. The summed E-state index contributed by atoms with van der Waals surface area (Å²) in [5.74, 6) is -0.247. The number of hydrogen-bond donors (Lipinski definition) is 1. The zero-order valence-corrected chi connectivity index (χ0v) is 17.1. The topological polar surface area (TPSA) is 47.0 Å². The molecule has 2 aliphatic rings. The van der Waals surface area contributed by atoms with Crippen molar-refractivity contribution in [2.45, 2.75) is 18.6 Å². The molecule has 2 saturated heterocycles. The van der Waals surface area contributed by atoms with E-state index in [4.69, 9.17) is 0 Å². The molecule has 154 valence electrons. The fourth-order valence-electron chi connectivity index (χ4n) is 4.19. The summed E-state index contributed by atoms with van der Waals surface area (Å²) in [6, 6.07) is 10.8. The Balaban J connectivity index is 1.29. The van der Waals surface area contributed by atoms with Crippen molar-refractivity contribution in [2.75, 3.05) is 44.2 Å². The minimum Gasteiger partial charge on any atom is -0.390 e. The third-order valence-electron chi connectivity index (χ3n) is 5.77. The van der Waals surface area contributed by atoms with Crippen molar-refractivity contribution in [3.8, 4) is 0 Å². The van der Waals surface area contributed by atoms with E-state index in [0.717, 1.165) is 37.5 Å². The minimum atomic E-state index is -0.567. The number of likely N-dealkylation sites (tertiary alicyclic amines) is 1. The number of carbonyl (C=O) groups excluding carboxylic acids is 1. The monoisotopic (exact) mass is 415 g/mol. The van der Waals surface area contributed by atoms with Gasteiger partial charge in [-0.15, -0.1) is 11.3 Å². The van der Waals surface area contributed by atoms with Crippen LogP contribution in [-0.2, 0) is 4.79 Å². The zero-order chi connectivity index (χ0) is 20.2. The first kappa shape index (κ1) is 20.1. The molecule has 2 aromatic rings. The van der Waals surface area contributed by atoms with Crippen LogP contribution in [0.25, 0.3) is 6.08 Å². The van der Waals surface area contributed by atoms with E-state index in [2.05, 4.69) is 9.80 Å². The fourth-order valence-corrected chi connectivity index (χ4v) is 4.81. The maximum Gasteiger partial charge on any atom is 0.246 e. The van der Waals surface area contributed by atoms with Crippen LogP contribution in [0.1, 0.15) is 11.3 Å². The summed E-state index contributed by atoms with van der Waals surface area (Å²) in [4.78, 5) is 19.5. The van der Waals surface area contributed by atoms with Crippen LogP contribution < -0.4 is 4.90 Å². The van der Waals surface area contributed by atoms with Crippen LogP contribution in [0.4, 0.5) is 10.1 Å². The lowest BCUT2D eigenvalue weighted by atomic mass is 9.99. The number of para-hydroxylation sites is 1. The standard InChI is InChI=1S/C22H26FN3O2S/c23-18-5-1-2-6-19(18)24-11-13-25(14-12-24)20-9-10-26(16-21(20)27)22(28)8-7-17-4-3-15-29-17/h1-8,15,20-21,27H,9-14,16H2/t20-,21-/m1/s1. The molecule has 1 N–H and O–H groups in total. The number of hydrogen-bond acceptors (Lipinski definition) is 5. The highest BCUT2D eigenvalue weighted by Crippen LogP contribution is 2.24. The molecule has 0 bridgehead atoms. The van der Waals surface area contributed by atoms with Crippen molar-refractivity contribution in [1.82, 2.24) is 9.80 Å². The molecule has 0 saturated carbocycles. The second-order valence-corrected chi connectivity index (χ2v) is 8.51. The number of β-amino-alcohol motifs (C(OH)–C–C–N with tert-alkyl or cyclic N) is 1. The van der Waals surface area contributed by atoms with Gasteiger partial charge in [-0.05, 0) is 36.1 Å². The van der Waals surface area contributed by atoms with E-state index < -0.39 is 6.10 Å². The Labute approximate surface area is 174 Å². The molecule has 4 rings (SSSR count). The Morgan fingerprint density at radius 3 is 2.59 bits per heavy atom. The van der Waals surface area contributed by atoms with E-state index in [1.807, 2.05) is 35.7 Å². The minimum absolute atomic E-state index is 0.0445. The summed E-state index contributed by atoms with van der Waals surface area (Å²) < 4.78 is 14.0. The molecule has 2 atom stereocenters. The van der Waals surface area contributed by atoms with Gasteiger partial charge in [-0.25, -0.2) is 4.39 Å². The fraction of sp³-hybridized carbons (Fsp3) is 0.409. The van der Waals surface area contributed by atoms with Crippen LogP contribution in [-0.4, -0.2) is 72.2 Å². The molecule has 5 nitrogen and oxygen atoms in total. The number of anilines is 1. The largest absolute Gasteiger partial charge is 0.390 e. The van der Waals surface area contributed by atoms with Crippen LogP contribution in [0.3, 0.4) is 0 Å². The van der Waals surface area contributed by atoms with E-state index in [1.54, 1.807) is 28.4 Å². The van der Waals surface area contributed by atoms with Crippen molar-refractivity contribution in [3.05, 3.63) is 58.5 Å². The molecule has 1 aromatic carbocycles. The summed E-state index contributed by atoms with van der Waals surface area (Å²) in [6.07, 6.45) is 3.60. The quantitative estimate of drug-likeness (QED) is 0.780. The molecule has 2 aliphatic heterocycles. The third kappa shape index (κ3) is 4.69. The summed E-state index contributed by atoms with van der Waals surface area (Å²) in [5.41, 5.74) is 0.644. The maximum atomic E-state index is 14.0. The van der Waals surface area contributed by atoms with Crippen LogP contribution in [0.5, 0.6) is 0 Å². The van der Waals surface area contributed by atoms with E-state index in [-0.39, 0.29) is 17.8 Å². The predicted octanol–water partition coefficient (Wildman–Crippen LogP) is 2.68. The van der Waals surface area contributed by atoms with Crippen LogP contribution >= 0.6 is 11.3 Å². The second kappa shape index (κ2) is 9.07. The normalized spacial score (nSPS) is 23.7. The van der Waals surface area contributed by atoms with Crippen LogP contribution in [0, 0.1) is 5.82 Å². The first-order valence-electron chi connectivity index (χ1n) is 10.0. The van der Waals surface area contributed by atoms with Crippen molar-refractivity contribution in [3.63, 3.8) is 0 Å². The molecule has 0 aliphatic carbocycles. The number of piperidine rings is 1. The smallest absolute Gasteiger partial charge is 0.246 e. The van der Waals surface area contributed by atoms with E-state index in [1.165, 1.54) is 6.07 Å². The number of piperazine rings is 1. The first-order valence-corrected chi connectivity index (χ1v) is 10.9. The summed E-state index contributed by atoms with van der Waals surface area (Å²) in [6.45, 7) is 4.02.